The van der Waals surface area contributed by atoms with Gasteiger partial charge in [0.1, 0.15) is 12.4 Å². The maximum Gasteiger partial charge on any atom is 0.262 e. The molecule has 148 valence electrons. The van der Waals surface area contributed by atoms with Crippen molar-refractivity contribution in [2.24, 2.45) is 0 Å². The van der Waals surface area contributed by atoms with E-state index >= 15 is 0 Å². The molecule has 0 saturated carbocycles. The van der Waals surface area contributed by atoms with E-state index in [-0.39, 0.29) is 4.90 Å². The first-order valence-electron chi connectivity index (χ1n) is 8.08. The van der Waals surface area contributed by atoms with Crippen LogP contribution in [-0.2, 0) is 10.0 Å². The number of sulfonamides is 1. The number of ether oxygens (including phenoxy) is 3. The Bertz CT molecular complexity index is 887. The molecular weight excluding hydrogens is 483 g/mol. The number of hydrogen-bond donors (Lipinski definition) is 1. The maximum absolute atomic E-state index is 12.7. The van der Waals surface area contributed by atoms with E-state index in [1.807, 2.05) is 19.0 Å². The molecule has 1 N–H and O–H groups in total. The molecule has 0 heterocycles. The summed E-state index contributed by atoms with van der Waals surface area (Å²) in [4.78, 5) is 2.09. The van der Waals surface area contributed by atoms with E-state index in [9.17, 15) is 8.42 Å². The number of benzene rings is 2. The van der Waals surface area contributed by atoms with Crippen molar-refractivity contribution in [1.82, 2.24) is 4.90 Å². The SMILES string of the molecule is COc1ccc(S(=O)(=O)Nc2ccc(I)c(OCCN(C)C)c2)cc1OC. The van der Waals surface area contributed by atoms with Crippen LogP contribution in [0.1, 0.15) is 0 Å². The zero-order valence-corrected chi connectivity index (χ0v) is 18.6. The molecule has 2 aromatic rings. The fraction of sp³-hybridized carbons (Fsp3) is 0.333. The molecule has 0 unspecified atom stereocenters. The van der Waals surface area contributed by atoms with Crippen molar-refractivity contribution in [2.75, 3.05) is 46.2 Å². The number of rotatable bonds is 9. The molecule has 0 radical (unpaired) electrons. The molecular formula is C18H23IN2O5S. The van der Waals surface area contributed by atoms with Gasteiger partial charge < -0.3 is 19.1 Å². The van der Waals surface area contributed by atoms with Crippen LogP contribution in [0.25, 0.3) is 0 Å². The minimum atomic E-state index is -3.79. The van der Waals surface area contributed by atoms with Crippen molar-refractivity contribution in [3.05, 3.63) is 40.0 Å². The summed E-state index contributed by atoms with van der Waals surface area (Å²) < 4.78 is 45.0. The summed E-state index contributed by atoms with van der Waals surface area (Å²) >= 11 is 2.15. The summed E-state index contributed by atoms with van der Waals surface area (Å²) in [5.41, 5.74) is 0.421. The van der Waals surface area contributed by atoms with Crippen LogP contribution in [0.5, 0.6) is 17.2 Å². The highest BCUT2D eigenvalue weighted by atomic mass is 127. The molecule has 0 aliphatic heterocycles. The van der Waals surface area contributed by atoms with Crippen LogP contribution in [-0.4, -0.2) is 54.8 Å². The lowest BCUT2D eigenvalue weighted by molar-refractivity contribution is 0.260. The Balaban J connectivity index is 2.22. The van der Waals surface area contributed by atoms with Gasteiger partial charge in [0.25, 0.3) is 10.0 Å². The van der Waals surface area contributed by atoms with Crippen LogP contribution < -0.4 is 18.9 Å². The quantitative estimate of drug-likeness (QED) is 0.527. The third kappa shape index (κ3) is 5.88. The van der Waals surface area contributed by atoms with E-state index in [1.54, 1.807) is 24.3 Å². The minimum Gasteiger partial charge on any atom is -0.493 e. The van der Waals surface area contributed by atoms with E-state index < -0.39 is 10.0 Å². The van der Waals surface area contributed by atoms with Gasteiger partial charge in [0.05, 0.1) is 28.4 Å². The van der Waals surface area contributed by atoms with Gasteiger partial charge in [0.2, 0.25) is 0 Å². The Hall–Kier alpha value is -1.72. The first-order valence-corrected chi connectivity index (χ1v) is 10.6. The smallest absolute Gasteiger partial charge is 0.262 e. The fourth-order valence-corrected chi connectivity index (χ4v) is 3.77. The zero-order chi connectivity index (χ0) is 20.0. The van der Waals surface area contributed by atoms with E-state index in [1.165, 1.54) is 26.4 Å². The van der Waals surface area contributed by atoms with Gasteiger partial charge in [-0.3, -0.25) is 4.72 Å². The predicted octanol–water partition coefficient (Wildman–Crippen LogP) is 3.05. The predicted molar refractivity (Wildman–Crippen MR) is 114 cm³/mol. The monoisotopic (exact) mass is 506 g/mol. The van der Waals surface area contributed by atoms with Gasteiger partial charge in [-0.25, -0.2) is 8.42 Å². The van der Waals surface area contributed by atoms with E-state index in [2.05, 4.69) is 27.3 Å². The van der Waals surface area contributed by atoms with Gasteiger partial charge in [-0.05, 0) is 61.0 Å². The summed E-state index contributed by atoms with van der Waals surface area (Å²) in [5, 5.41) is 0. The summed E-state index contributed by atoms with van der Waals surface area (Å²) in [6.45, 7) is 1.27. The van der Waals surface area contributed by atoms with Crippen LogP contribution in [0.2, 0.25) is 0 Å². The van der Waals surface area contributed by atoms with Crippen molar-refractivity contribution in [3.8, 4) is 17.2 Å². The summed E-state index contributed by atoms with van der Waals surface area (Å²) in [6.07, 6.45) is 0. The van der Waals surface area contributed by atoms with Gasteiger partial charge in [-0.2, -0.15) is 0 Å². The second-order valence-corrected chi connectivity index (χ2v) is 8.76. The first-order chi connectivity index (χ1) is 12.8. The Morgan fingerprint density at radius 3 is 2.33 bits per heavy atom. The van der Waals surface area contributed by atoms with Gasteiger partial charge in [0, 0.05) is 18.7 Å². The molecule has 7 nitrogen and oxygen atoms in total. The molecule has 0 saturated heterocycles. The number of anilines is 1. The van der Waals surface area contributed by atoms with Crippen LogP contribution in [0, 0.1) is 3.57 Å². The van der Waals surface area contributed by atoms with Gasteiger partial charge >= 0.3 is 0 Å². The zero-order valence-electron chi connectivity index (χ0n) is 15.7. The Morgan fingerprint density at radius 2 is 1.70 bits per heavy atom. The number of methoxy groups -OCH3 is 2. The molecule has 0 bridgehead atoms. The molecule has 9 heteroatoms. The largest absolute Gasteiger partial charge is 0.493 e. The number of hydrogen-bond acceptors (Lipinski definition) is 6. The van der Waals surface area contributed by atoms with E-state index in [0.717, 1.165) is 10.1 Å². The lowest BCUT2D eigenvalue weighted by Crippen LogP contribution is -2.19. The normalized spacial score (nSPS) is 11.3. The molecule has 0 spiro atoms. The lowest BCUT2D eigenvalue weighted by Gasteiger charge is -2.14. The summed E-state index contributed by atoms with van der Waals surface area (Å²) in [6, 6.07) is 9.61. The van der Waals surface area contributed by atoms with Crippen LogP contribution in [0.3, 0.4) is 0 Å². The van der Waals surface area contributed by atoms with Gasteiger partial charge in [-0.1, -0.05) is 0 Å². The Kier molecular flexibility index (Phi) is 7.57. The number of nitrogens with one attached hydrogen (secondary N) is 1. The van der Waals surface area contributed by atoms with Gasteiger partial charge in [-0.15, -0.1) is 0 Å². The first kappa shape index (κ1) is 21.6. The van der Waals surface area contributed by atoms with Crippen molar-refractivity contribution in [3.63, 3.8) is 0 Å². The highest BCUT2D eigenvalue weighted by molar-refractivity contribution is 14.1. The second kappa shape index (κ2) is 9.47. The van der Waals surface area contributed by atoms with Crippen molar-refractivity contribution in [2.45, 2.75) is 4.90 Å². The fourth-order valence-electron chi connectivity index (χ4n) is 2.21. The summed E-state index contributed by atoms with van der Waals surface area (Å²) in [5.74, 6) is 1.43. The number of halogens is 1. The number of likely N-dealkylation sites (N-methyl/N-ethyl adjacent to an activating group) is 1. The molecule has 0 aliphatic rings. The van der Waals surface area contributed by atoms with Crippen LogP contribution >= 0.6 is 22.6 Å². The molecule has 0 fully saturated rings. The highest BCUT2D eigenvalue weighted by Gasteiger charge is 2.18. The Labute approximate surface area is 173 Å². The molecule has 0 amide bonds. The maximum atomic E-state index is 12.7. The highest BCUT2D eigenvalue weighted by Crippen LogP contribution is 2.31. The number of nitrogens with zero attached hydrogens (tertiary/aromatic N) is 1. The standard InChI is InChI=1S/C18H23IN2O5S/c1-21(2)9-10-26-17-11-13(5-7-15(17)19)20-27(22,23)14-6-8-16(24-3)18(12-14)25-4/h5-8,11-12,20H,9-10H2,1-4H3. The van der Waals surface area contributed by atoms with Crippen molar-refractivity contribution < 1.29 is 22.6 Å². The minimum absolute atomic E-state index is 0.0776. The lowest BCUT2D eigenvalue weighted by atomic mass is 10.3. The summed E-state index contributed by atoms with van der Waals surface area (Å²) in [7, 11) is 3.08. The second-order valence-electron chi connectivity index (χ2n) is 5.92. The van der Waals surface area contributed by atoms with Crippen LogP contribution in [0.4, 0.5) is 5.69 Å². The average Bonchev–Trinajstić information content (AvgIpc) is 2.63. The average molecular weight is 506 g/mol. The molecule has 2 aromatic carbocycles. The third-order valence-electron chi connectivity index (χ3n) is 3.64. The molecule has 2 rings (SSSR count). The Morgan fingerprint density at radius 1 is 1.00 bits per heavy atom. The molecule has 27 heavy (non-hydrogen) atoms. The van der Waals surface area contributed by atoms with Crippen LogP contribution in [0.15, 0.2) is 41.3 Å². The topological polar surface area (TPSA) is 77.1 Å². The third-order valence-corrected chi connectivity index (χ3v) is 5.91. The molecule has 0 aromatic heterocycles. The molecule has 0 aliphatic carbocycles. The van der Waals surface area contributed by atoms with E-state index in [0.29, 0.717) is 29.5 Å². The van der Waals surface area contributed by atoms with E-state index in [4.69, 9.17) is 14.2 Å². The van der Waals surface area contributed by atoms with Crippen molar-refractivity contribution >= 4 is 38.3 Å². The van der Waals surface area contributed by atoms with Crippen molar-refractivity contribution in [1.29, 1.82) is 0 Å². The van der Waals surface area contributed by atoms with Gasteiger partial charge in [0.15, 0.2) is 11.5 Å². The molecule has 0 atom stereocenters.